The van der Waals surface area contributed by atoms with Crippen molar-refractivity contribution >= 4 is 11.0 Å². The van der Waals surface area contributed by atoms with Gasteiger partial charge < -0.3 is 10.2 Å². The molecule has 0 aliphatic carbocycles. The number of para-hydroxylation sites is 2. The highest BCUT2D eigenvalue weighted by atomic mass is 16.5. The van der Waals surface area contributed by atoms with Crippen LogP contribution < -0.4 is 10.3 Å². The van der Waals surface area contributed by atoms with E-state index in [1.165, 1.54) is 0 Å². The van der Waals surface area contributed by atoms with Gasteiger partial charge in [0, 0.05) is 6.07 Å². The number of rotatable bonds is 0. The molecule has 0 bridgehead atoms. The van der Waals surface area contributed by atoms with Crippen LogP contribution in [0.2, 0.25) is 0 Å². The van der Waals surface area contributed by atoms with Gasteiger partial charge in [0.05, 0.1) is 0 Å². The summed E-state index contributed by atoms with van der Waals surface area (Å²) in [6.45, 7) is 0. The fourth-order valence-electron chi connectivity index (χ4n) is 1.11. The average molecular weight is 162 g/mol. The lowest BCUT2D eigenvalue weighted by Crippen LogP contribution is -2.32. The molecule has 0 aliphatic heterocycles. The third-order valence-corrected chi connectivity index (χ3v) is 1.63. The summed E-state index contributed by atoms with van der Waals surface area (Å²) in [5, 5.41) is 11.1. The van der Waals surface area contributed by atoms with Crippen molar-refractivity contribution in [2.45, 2.75) is 0 Å². The first kappa shape index (κ1) is 6.84. The molecule has 60 valence electrons. The molecule has 0 radical (unpaired) electrons. The first-order valence-electron chi connectivity index (χ1n) is 3.48. The SMILES string of the molecule is O=c1c[n+]([O-])c2ccccc2[nH]1. The van der Waals surface area contributed by atoms with Gasteiger partial charge in [-0.2, -0.15) is 4.73 Å². The maximum absolute atomic E-state index is 11.1. The minimum Gasteiger partial charge on any atom is -0.618 e. The van der Waals surface area contributed by atoms with Crippen LogP contribution in [0.5, 0.6) is 0 Å². The quantitative estimate of drug-likeness (QED) is 0.443. The van der Waals surface area contributed by atoms with Gasteiger partial charge in [-0.05, 0) is 6.07 Å². The van der Waals surface area contributed by atoms with Crippen molar-refractivity contribution in [3.8, 4) is 0 Å². The van der Waals surface area contributed by atoms with Gasteiger partial charge in [0.25, 0.3) is 0 Å². The molecule has 0 amide bonds. The topological polar surface area (TPSA) is 59.8 Å². The average Bonchev–Trinajstić information content (AvgIpc) is 2.04. The Kier molecular flexibility index (Phi) is 1.33. The highest BCUT2D eigenvalue weighted by Crippen LogP contribution is 2.01. The van der Waals surface area contributed by atoms with Gasteiger partial charge in [-0.15, -0.1) is 0 Å². The van der Waals surface area contributed by atoms with Crippen molar-refractivity contribution in [1.29, 1.82) is 0 Å². The maximum Gasteiger partial charge on any atom is 0.314 e. The summed E-state index contributed by atoms with van der Waals surface area (Å²) in [6, 6.07) is 6.84. The molecule has 2 aromatic rings. The second kappa shape index (κ2) is 2.34. The minimum atomic E-state index is -0.385. The fraction of sp³-hybridized carbons (Fsp3) is 0. The molecule has 0 saturated heterocycles. The van der Waals surface area contributed by atoms with Gasteiger partial charge in [-0.3, -0.25) is 4.79 Å². The Morgan fingerprint density at radius 2 is 2.08 bits per heavy atom. The number of benzene rings is 1. The van der Waals surface area contributed by atoms with Crippen LogP contribution in [0.15, 0.2) is 35.3 Å². The molecule has 12 heavy (non-hydrogen) atoms. The standard InChI is InChI=1S/C8H6N2O2/c11-8-5-10(12)7-4-2-1-3-6(7)9-8/h1-5H,(H,9,11). The fourth-order valence-corrected chi connectivity index (χ4v) is 1.11. The van der Waals surface area contributed by atoms with Crippen LogP contribution in [-0.2, 0) is 0 Å². The summed E-state index contributed by atoms with van der Waals surface area (Å²) in [5.74, 6) is 0. The first-order valence-corrected chi connectivity index (χ1v) is 3.48. The van der Waals surface area contributed by atoms with Crippen LogP contribution in [0.1, 0.15) is 0 Å². The Balaban J connectivity index is 2.99. The van der Waals surface area contributed by atoms with Crippen LogP contribution in [0.3, 0.4) is 0 Å². The smallest absolute Gasteiger partial charge is 0.314 e. The summed E-state index contributed by atoms with van der Waals surface area (Å²) < 4.78 is 0.564. The van der Waals surface area contributed by atoms with E-state index in [9.17, 15) is 10.0 Å². The molecule has 1 aromatic carbocycles. The van der Waals surface area contributed by atoms with Crippen molar-refractivity contribution in [2.24, 2.45) is 0 Å². The zero-order valence-corrected chi connectivity index (χ0v) is 6.15. The summed E-state index contributed by atoms with van der Waals surface area (Å²) in [4.78, 5) is 13.4. The van der Waals surface area contributed by atoms with Gasteiger partial charge in [0.15, 0.2) is 0 Å². The number of hydrogen-bond donors (Lipinski definition) is 1. The van der Waals surface area contributed by atoms with Crippen molar-refractivity contribution in [2.75, 3.05) is 0 Å². The van der Waals surface area contributed by atoms with E-state index in [0.29, 0.717) is 15.8 Å². The minimum absolute atomic E-state index is 0.385. The van der Waals surface area contributed by atoms with Crippen molar-refractivity contribution in [3.05, 3.63) is 46.0 Å². The molecule has 4 nitrogen and oxygen atoms in total. The van der Waals surface area contributed by atoms with Crippen LogP contribution in [0.4, 0.5) is 0 Å². The van der Waals surface area contributed by atoms with Crippen LogP contribution >= 0.6 is 0 Å². The Bertz CT molecular complexity index is 476. The van der Waals surface area contributed by atoms with E-state index in [2.05, 4.69) is 4.98 Å². The monoisotopic (exact) mass is 162 g/mol. The summed E-state index contributed by atoms with van der Waals surface area (Å²) >= 11 is 0. The van der Waals surface area contributed by atoms with Crippen LogP contribution in [0.25, 0.3) is 11.0 Å². The number of aromatic nitrogens is 2. The van der Waals surface area contributed by atoms with Crippen LogP contribution in [-0.4, -0.2) is 4.98 Å². The number of fused-ring (bicyclic) bond motifs is 1. The molecule has 0 fully saturated rings. The Morgan fingerprint density at radius 1 is 1.33 bits per heavy atom. The van der Waals surface area contributed by atoms with Gasteiger partial charge in [0.2, 0.25) is 11.7 Å². The van der Waals surface area contributed by atoms with E-state index >= 15 is 0 Å². The van der Waals surface area contributed by atoms with E-state index < -0.39 is 0 Å². The number of H-pyrrole nitrogens is 1. The Hall–Kier alpha value is -1.84. The van der Waals surface area contributed by atoms with Gasteiger partial charge >= 0.3 is 5.56 Å². The summed E-state index contributed by atoms with van der Waals surface area (Å²) in [5.41, 5.74) is 0.640. The number of nitrogens with one attached hydrogen (secondary N) is 1. The normalized spacial score (nSPS) is 10.3. The highest BCUT2D eigenvalue weighted by Gasteiger charge is 2.02. The molecular formula is C8H6N2O2. The lowest BCUT2D eigenvalue weighted by atomic mass is 10.3. The molecule has 1 aromatic heterocycles. The van der Waals surface area contributed by atoms with E-state index in [0.717, 1.165) is 6.20 Å². The van der Waals surface area contributed by atoms with E-state index in [4.69, 9.17) is 0 Å². The van der Waals surface area contributed by atoms with E-state index in [-0.39, 0.29) is 5.56 Å². The van der Waals surface area contributed by atoms with E-state index in [1.807, 2.05) is 0 Å². The number of aromatic amines is 1. The van der Waals surface area contributed by atoms with Crippen LogP contribution in [0, 0.1) is 5.21 Å². The zero-order chi connectivity index (χ0) is 8.55. The molecule has 1 heterocycles. The Labute approximate surface area is 67.7 Å². The molecule has 0 spiro atoms. The predicted octanol–water partition coefficient (Wildman–Crippen LogP) is 0.161. The summed E-state index contributed by atoms with van der Waals surface area (Å²) in [7, 11) is 0. The maximum atomic E-state index is 11.1. The zero-order valence-electron chi connectivity index (χ0n) is 6.15. The predicted molar refractivity (Wildman–Crippen MR) is 43.5 cm³/mol. The molecule has 0 saturated carbocycles. The lowest BCUT2D eigenvalue weighted by Gasteiger charge is -1.98. The van der Waals surface area contributed by atoms with Crippen molar-refractivity contribution in [1.82, 2.24) is 4.98 Å². The molecule has 2 rings (SSSR count). The second-order valence-electron chi connectivity index (χ2n) is 2.46. The van der Waals surface area contributed by atoms with Crippen molar-refractivity contribution < 1.29 is 4.73 Å². The Morgan fingerprint density at radius 3 is 2.92 bits per heavy atom. The van der Waals surface area contributed by atoms with E-state index in [1.54, 1.807) is 24.3 Å². The molecular weight excluding hydrogens is 156 g/mol. The third kappa shape index (κ3) is 0.934. The lowest BCUT2D eigenvalue weighted by molar-refractivity contribution is -0.578. The van der Waals surface area contributed by atoms with Gasteiger partial charge in [-0.25, -0.2) is 0 Å². The second-order valence-corrected chi connectivity index (χ2v) is 2.46. The highest BCUT2D eigenvalue weighted by molar-refractivity contribution is 5.69. The third-order valence-electron chi connectivity index (χ3n) is 1.63. The first-order chi connectivity index (χ1) is 5.77. The molecule has 1 N–H and O–H groups in total. The van der Waals surface area contributed by atoms with Gasteiger partial charge in [0.1, 0.15) is 5.52 Å². The number of hydrogen-bond acceptors (Lipinski definition) is 2. The molecule has 4 heteroatoms. The number of nitrogens with zero attached hydrogens (tertiary/aromatic N) is 1. The molecule has 0 unspecified atom stereocenters. The summed E-state index contributed by atoms with van der Waals surface area (Å²) in [6.07, 6.45) is 0.975. The largest absolute Gasteiger partial charge is 0.618 e. The molecule has 0 atom stereocenters. The van der Waals surface area contributed by atoms with Gasteiger partial charge in [-0.1, -0.05) is 12.1 Å². The van der Waals surface area contributed by atoms with Crippen molar-refractivity contribution in [3.63, 3.8) is 0 Å². The molecule has 0 aliphatic rings.